The summed E-state index contributed by atoms with van der Waals surface area (Å²) in [6.45, 7) is 0. The normalized spacial score (nSPS) is 20.6. The lowest BCUT2D eigenvalue weighted by Gasteiger charge is -2.31. The van der Waals surface area contributed by atoms with E-state index in [1.807, 2.05) is 0 Å². The van der Waals surface area contributed by atoms with Crippen LogP contribution in [0.2, 0.25) is 0 Å². The molecule has 2 unspecified atom stereocenters. The molecule has 0 saturated heterocycles. The van der Waals surface area contributed by atoms with Crippen molar-refractivity contribution in [3.05, 3.63) is 200 Å². The lowest BCUT2D eigenvalue weighted by Crippen LogP contribution is -2.24. The molecule has 1 heteroatoms. The van der Waals surface area contributed by atoms with Crippen LogP contribution in [-0.4, -0.2) is 0 Å². The largest absolute Gasteiger partial charge is 0.310 e. The van der Waals surface area contributed by atoms with E-state index < -0.39 is 0 Å². The minimum Gasteiger partial charge on any atom is -0.310 e. The molecule has 4 bridgehead atoms. The average molecular weight is 730 g/mol. The maximum absolute atomic E-state index is 2.49. The van der Waals surface area contributed by atoms with Crippen LogP contribution in [0.15, 0.2) is 194 Å². The number of benzene rings is 9. The fraction of sp³-hybridized carbons (Fsp3) is 0.143. The van der Waals surface area contributed by atoms with Gasteiger partial charge >= 0.3 is 0 Å². The lowest BCUT2D eigenvalue weighted by molar-refractivity contribution is 0.371. The molecule has 0 aromatic heterocycles. The van der Waals surface area contributed by atoms with Crippen molar-refractivity contribution in [3.63, 3.8) is 0 Å². The quantitative estimate of drug-likeness (QED) is 0.158. The van der Waals surface area contributed by atoms with Crippen molar-refractivity contribution < 1.29 is 0 Å². The molecule has 1 nitrogen and oxygen atoms in total. The van der Waals surface area contributed by atoms with Crippen LogP contribution in [0.4, 0.5) is 17.1 Å². The van der Waals surface area contributed by atoms with Crippen molar-refractivity contribution in [1.29, 1.82) is 0 Å². The number of hydrogen-bond donors (Lipinski definition) is 0. The zero-order chi connectivity index (χ0) is 37.5. The Morgan fingerprint density at radius 1 is 0.386 bits per heavy atom. The molecule has 4 saturated carbocycles. The summed E-state index contributed by atoms with van der Waals surface area (Å²) in [5.74, 6) is 2.80. The predicted octanol–water partition coefficient (Wildman–Crippen LogP) is 15.3. The molecule has 9 aromatic carbocycles. The van der Waals surface area contributed by atoms with Gasteiger partial charge in [-0.15, -0.1) is 0 Å². The molecule has 4 aliphatic carbocycles. The molecule has 0 radical (unpaired) electrons. The third-order valence-electron chi connectivity index (χ3n) is 14.2. The van der Waals surface area contributed by atoms with Crippen molar-refractivity contribution in [2.75, 3.05) is 4.90 Å². The van der Waals surface area contributed by atoms with E-state index in [0.717, 1.165) is 23.4 Å². The van der Waals surface area contributed by atoms with E-state index in [1.165, 1.54) is 103 Å². The highest BCUT2D eigenvalue weighted by molar-refractivity contribution is 6.10. The molecule has 272 valence electrons. The molecule has 57 heavy (non-hydrogen) atoms. The Morgan fingerprint density at radius 2 is 0.912 bits per heavy atom. The summed E-state index contributed by atoms with van der Waals surface area (Å²) in [5.41, 5.74) is 13.0. The van der Waals surface area contributed by atoms with Gasteiger partial charge in [-0.1, -0.05) is 152 Å². The van der Waals surface area contributed by atoms with Crippen LogP contribution < -0.4 is 4.90 Å². The minimum atomic E-state index is 0.406. The average Bonchev–Trinajstić information content (AvgIpc) is 4.05. The van der Waals surface area contributed by atoms with Gasteiger partial charge in [-0.25, -0.2) is 0 Å². The summed E-state index contributed by atoms with van der Waals surface area (Å²) in [4.78, 5) is 2.49. The Morgan fingerprint density at radius 3 is 1.56 bits per heavy atom. The molecular formula is C56H43N. The maximum atomic E-state index is 2.49. The molecular weight excluding hydrogens is 687 g/mol. The van der Waals surface area contributed by atoms with Crippen LogP contribution in [0, 0.1) is 17.8 Å². The first-order valence-corrected chi connectivity index (χ1v) is 20.8. The summed E-state index contributed by atoms with van der Waals surface area (Å²) in [7, 11) is 0. The topological polar surface area (TPSA) is 3.24 Å². The molecule has 13 rings (SSSR count). The third-order valence-corrected chi connectivity index (χ3v) is 14.2. The SMILES string of the molecule is c1ccc(-c2cc3ccccc3cc2-c2ccc(N(c3ccc(C45CC6CC4CC6C5)cc3)c3ccc(-c4cccc5ccccc45)c4ccccc34)cc2)cc1. The zero-order valence-corrected chi connectivity index (χ0v) is 32.0. The van der Waals surface area contributed by atoms with Gasteiger partial charge in [-0.2, -0.15) is 0 Å². The van der Waals surface area contributed by atoms with E-state index in [9.17, 15) is 0 Å². The second-order valence-electron chi connectivity index (χ2n) is 17.0. The van der Waals surface area contributed by atoms with E-state index in [4.69, 9.17) is 0 Å². The number of anilines is 3. The number of fused-ring (bicyclic) bond motifs is 3. The highest BCUT2D eigenvalue weighted by atomic mass is 15.1. The van der Waals surface area contributed by atoms with Gasteiger partial charge in [-0.05, 0) is 157 Å². The van der Waals surface area contributed by atoms with E-state index in [0.29, 0.717) is 5.41 Å². The number of hydrogen-bond acceptors (Lipinski definition) is 1. The Balaban J connectivity index is 1.01. The highest BCUT2D eigenvalue weighted by Gasteiger charge is 2.63. The Labute approximate surface area is 334 Å². The van der Waals surface area contributed by atoms with Crippen molar-refractivity contribution in [3.8, 4) is 33.4 Å². The van der Waals surface area contributed by atoms with Gasteiger partial charge in [0, 0.05) is 16.8 Å². The molecule has 0 aliphatic heterocycles. The maximum Gasteiger partial charge on any atom is 0.0540 e. The molecule has 0 heterocycles. The first kappa shape index (κ1) is 32.8. The second kappa shape index (κ2) is 12.8. The smallest absolute Gasteiger partial charge is 0.0540 e. The molecule has 4 aliphatic rings. The fourth-order valence-corrected chi connectivity index (χ4v) is 11.7. The molecule has 0 amide bonds. The van der Waals surface area contributed by atoms with Gasteiger partial charge in [0.05, 0.1) is 5.69 Å². The van der Waals surface area contributed by atoms with Gasteiger partial charge in [0.1, 0.15) is 0 Å². The molecule has 9 aromatic rings. The summed E-state index contributed by atoms with van der Waals surface area (Å²) in [6, 6.07) is 72.4. The van der Waals surface area contributed by atoms with Crippen molar-refractivity contribution >= 4 is 49.4 Å². The Bertz CT molecular complexity index is 2960. The second-order valence-corrected chi connectivity index (χ2v) is 17.0. The van der Waals surface area contributed by atoms with Crippen LogP contribution in [0.3, 0.4) is 0 Å². The Hall–Kier alpha value is -6.44. The van der Waals surface area contributed by atoms with E-state index >= 15 is 0 Å². The summed E-state index contributed by atoms with van der Waals surface area (Å²) < 4.78 is 0. The Kier molecular flexibility index (Phi) is 7.36. The van der Waals surface area contributed by atoms with Gasteiger partial charge in [0.25, 0.3) is 0 Å². The molecule has 4 fully saturated rings. The monoisotopic (exact) mass is 729 g/mol. The first-order valence-electron chi connectivity index (χ1n) is 20.8. The first-order chi connectivity index (χ1) is 28.2. The van der Waals surface area contributed by atoms with E-state index in [2.05, 4.69) is 199 Å². The zero-order valence-electron chi connectivity index (χ0n) is 32.0. The third kappa shape index (κ3) is 5.15. The van der Waals surface area contributed by atoms with Crippen molar-refractivity contribution in [2.24, 2.45) is 17.8 Å². The standard InChI is InChI=1S/C56H43N/c1-2-11-38(12-3-1)53-33-40-14-4-5-15-41(40)34-54(53)39-21-25-46(26-22-39)57(47-27-23-44(24-28-47)56-35-42-31-45(56)32-43(42)36-56)55-30-29-51(50-18-8-9-19-52(50)55)49-20-10-16-37-13-6-7-17-48(37)49/h1-30,33-34,42-43,45H,31-32,35-36H2. The van der Waals surface area contributed by atoms with Crippen LogP contribution in [0.25, 0.3) is 65.7 Å². The highest BCUT2D eigenvalue weighted by Crippen LogP contribution is 2.70. The lowest BCUT2D eigenvalue weighted by atomic mass is 9.75. The fourth-order valence-electron chi connectivity index (χ4n) is 11.7. The molecule has 2 atom stereocenters. The van der Waals surface area contributed by atoms with E-state index in [1.54, 1.807) is 5.56 Å². The molecule has 0 spiro atoms. The number of nitrogens with zero attached hydrogens (tertiary/aromatic N) is 1. The summed E-state index contributed by atoms with van der Waals surface area (Å²) in [5, 5.41) is 7.55. The van der Waals surface area contributed by atoms with Crippen LogP contribution in [0.1, 0.15) is 31.2 Å². The predicted molar refractivity (Wildman–Crippen MR) is 241 cm³/mol. The van der Waals surface area contributed by atoms with Gasteiger partial charge in [0.15, 0.2) is 0 Å². The van der Waals surface area contributed by atoms with Gasteiger partial charge in [0.2, 0.25) is 0 Å². The molecule has 0 N–H and O–H groups in total. The number of rotatable bonds is 7. The minimum absolute atomic E-state index is 0.406. The van der Waals surface area contributed by atoms with Crippen molar-refractivity contribution in [1.82, 2.24) is 0 Å². The van der Waals surface area contributed by atoms with Crippen LogP contribution in [0.5, 0.6) is 0 Å². The summed E-state index contributed by atoms with van der Waals surface area (Å²) in [6.07, 6.45) is 5.69. The van der Waals surface area contributed by atoms with Crippen molar-refractivity contribution in [2.45, 2.75) is 31.1 Å². The summed E-state index contributed by atoms with van der Waals surface area (Å²) >= 11 is 0. The van der Waals surface area contributed by atoms with Crippen LogP contribution in [-0.2, 0) is 5.41 Å². The van der Waals surface area contributed by atoms with E-state index in [-0.39, 0.29) is 0 Å². The van der Waals surface area contributed by atoms with Gasteiger partial charge < -0.3 is 4.90 Å². The van der Waals surface area contributed by atoms with Crippen LogP contribution >= 0.6 is 0 Å². The van der Waals surface area contributed by atoms with Gasteiger partial charge in [-0.3, -0.25) is 0 Å².